The van der Waals surface area contributed by atoms with E-state index in [0.29, 0.717) is 0 Å². The Balaban J connectivity index is 1.72. The van der Waals surface area contributed by atoms with Crippen LogP contribution in [0.1, 0.15) is 6.23 Å². The van der Waals surface area contributed by atoms with E-state index in [4.69, 9.17) is 10.5 Å². The maximum absolute atomic E-state index is 11.8. The van der Waals surface area contributed by atoms with Gasteiger partial charge in [-0.3, -0.25) is 32.1 Å². The van der Waals surface area contributed by atoms with Crippen LogP contribution in [0, 0.1) is 0 Å². The van der Waals surface area contributed by atoms with E-state index in [1.807, 2.05) is 0 Å². The van der Waals surface area contributed by atoms with Crippen molar-refractivity contribution in [3.63, 3.8) is 0 Å². The standard InChI is InChI=1S/C10H16N5O13P3S/c11-10-13-7-4(8(18)14-10)12-2-15(7)9-6(17)5(16)3(26-9)1-32-31(24,25)28-30(22,23)27-29(19,20)21/h2-3,5-6,9,16-17H,1H2,(H,22,23)(H,24,25)(H2,19,20,21)(H3,11,13,14,18)/p-4/t3-,5-,6-,9-/m1/s1. The largest absolute Gasteiger partial charge is 0.790 e. The Bertz CT molecular complexity index is 1210. The number of rotatable bonds is 8. The van der Waals surface area contributed by atoms with E-state index in [1.54, 1.807) is 0 Å². The summed E-state index contributed by atoms with van der Waals surface area (Å²) >= 11 is -0.237. The van der Waals surface area contributed by atoms with E-state index in [-0.39, 0.29) is 28.5 Å². The first kappa shape index (κ1) is 25.5. The molecule has 0 aromatic carbocycles. The topological polar surface area (TPSA) is 301 Å². The first-order valence-electron chi connectivity index (χ1n) is 8.04. The van der Waals surface area contributed by atoms with E-state index in [1.165, 1.54) is 0 Å². The molecule has 32 heavy (non-hydrogen) atoms. The third kappa shape index (κ3) is 5.84. The van der Waals surface area contributed by atoms with Gasteiger partial charge in [-0.05, 0) is 0 Å². The predicted octanol–water partition coefficient (Wildman–Crippen LogP) is -4.15. The lowest BCUT2D eigenvalue weighted by Crippen LogP contribution is -2.32. The molecule has 0 spiro atoms. The van der Waals surface area contributed by atoms with Crippen LogP contribution in [0.4, 0.5) is 5.95 Å². The number of aliphatic hydroxyl groups excluding tert-OH is 2. The SMILES string of the molecule is Nc1nc2c(ncn2[C@@H]2O[C@H](CSP(=O)([O-])OP(=O)([O-])OP(=O)([O-])[O-])[C@@H](O)[C@H]2O)c(=O)[nH]1. The molecule has 2 aromatic heterocycles. The second-order valence-electron chi connectivity index (χ2n) is 6.12. The third-order valence-electron chi connectivity index (χ3n) is 3.86. The van der Waals surface area contributed by atoms with Gasteiger partial charge in [0.25, 0.3) is 13.4 Å². The Hall–Kier alpha value is -1.17. The number of aromatic nitrogens is 4. The normalized spacial score (nSPS) is 27.9. The third-order valence-corrected chi connectivity index (χ3v) is 9.85. The number of fused-ring (bicyclic) bond motifs is 1. The van der Waals surface area contributed by atoms with Crippen LogP contribution in [-0.4, -0.2) is 53.8 Å². The van der Waals surface area contributed by atoms with Gasteiger partial charge in [-0.2, -0.15) is 4.98 Å². The number of hydrogen-bond acceptors (Lipinski definition) is 17. The van der Waals surface area contributed by atoms with Crippen LogP contribution < -0.4 is 30.9 Å². The molecule has 22 heteroatoms. The van der Waals surface area contributed by atoms with Gasteiger partial charge >= 0.3 is 0 Å². The van der Waals surface area contributed by atoms with Gasteiger partial charge in [-0.1, -0.05) is 11.4 Å². The lowest BCUT2D eigenvalue weighted by molar-refractivity contribution is -0.339. The van der Waals surface area contributed by atoms with Gasteiger partial charge in [-0.25, -0.2) is 4.98 Å². The summed E-state index contributed by atoms with van der Waals surface area (Å²) in [5, 5.41) is 20.4. The summed E-state index contributed by atoms with van der Waals surface area (Å²) in [6.07, 6.45) is -5.16. The zero-order valence-corrected chi connectivity index (χ0v) is 18.6. The average molecular weight is 535 g/mol. The summed E-state index contributed by atoms with van der Waals surface area (Å²) in [5.41, 5.74) is 4.49. The molecule has 0 bridgehead atoms. The van der Waals surface area contributed by atoms with E-state index in [9.17, 15) is 48.3 Å². The van der Waals surface area contributed by atoms with Crippen molar-refractivity contribution >= 4 is 50.9 Å². The Morgan fingerprint density at radius 1 is 1.22 bits per heavy atom. The number of imidazole rings is 1. The summed E-state index contributed by atoms with van der Waals surface area (Å²) < 4.78 is 46.4. The highest BCUT2D eigenvalue weighted by atomic mass is 32.7. The minimum Gasteiger partial charge on any atom is -0.790 e. The number of phosphoric acid groups is 2. The molecule has 2 aromatic rings. The number of H-pyrrole nitrogens is 1. The maximum Gasteiger partial charge on any atom is 0.280 e. The lowest BCUT2D eigenvalue weighted by atomic mass is 10.1. The molecule has 0 radical (unpaired) electrons. The molecule has 1 aliphatic rings. The molecular formula is C10H12N5O13P3S-4. The summed E-state index contributed by atoms with van der Waals surface area (Å²) in [6, 6.07) is 0. The van der Waals surface area contributed by atoms with Crippen LogP contribution in [0.5, 0.6) is 0 Å². The summed E-state index contributed by atoms with van der Waals surface area (Å²) in [7, 11) is -12.2. The van der Waals surface area contributed by atoms with Gasteiger partial charge in [0.2, 0.25) is 5.95 Å². The molecule has 3 heterocycles. The van der Waals surface area contributed by atoms with Crippen molar-refractivity contribution in [2.75, 3.05) is 11.5 Å². The molecule has 0 amide bonds. The van der Waals surface area contributed by atoms with Crippen LogP contribution >= 0.6 is 33.8 Å². The summed E-state index contributed by atoms with van der Waals surface area (Å²) in [6.45, 7) is -5.43. The second kappa shape index (κ2) is 8.88. The molecule has 1 fully saturated rings. The molecule has 6 atom stereocenters. The number of nitrogens with two attached hydrogens (primary N) is 1. The van der Waals surface area contributed by atoms with Crippen LogP contribution in [0.15, 0.2) is 11.1 Å². The summed E-state index contributed by atoms with van der Waals surface area (Å²) in [4.78, 5) is 65.4. The number of aliphatic hydroxyl groups is 2. The van der Waals surface area contributed by atoms with E-state index in [2.05, 4.69) is 23.6 Å². The number of hydrogen-bond donors (Lipinski definition) is 4. The molecule has 1 saturated heterocycles. The number of ether oxygens (including phenoxy) is 1. The van der Waals surface area contributed by atoms with Crippen molar-refractivity contribution in [1.29, 1.82) is 0 Å². The van der Waals surface area contributed by atoms with Gasteiger partial charge in [0.15, 0.2) is 24.2 Å². The first-order valence-corrected chi connectivity index (χ1v) is 14.1. The van der Waals surface area contributed by atoms with Gasteiger partial charge in [-0.15, -0.1) is 0 Å². The summed E-state index contributed by atoms with van der Waals surface area (Å²) in [5.74, 6) is -0.996. The molecule has 0 aliphatic carbocycles. The Morgan fingerprint density at radius 2 is 1.88 bits per heavy atom. The number of nitrogens with zero attached hydrogens (tertiary/aromatic N) is 3. The fraction of sp³-hybridized carbons (Fsp3) is 0.500. The van der Waals surface area contributed by atoms with Gasteiger partial charge in [0.1, 0.15) is 12.2 Å². The fourth-order valence-corrected chi connectivity index (χ4v) is 7.96. The minimum atomic E-state index is -6.11. The van der Waals surface area contributed by atoms with Gasteiger partial charge in [0.05, 0.1) is 20.3 Å². The molecule has 180 valence electrons. The number of aromatic amines is 1. The smallest absolute Gasteiger partial charge is 0.280 e. The van der Waals surface area contributed by atoms with E-state index in [0.717, 1.165) is 10.9 Å². The molecule has 2 unspecified atom stereocenters. The van der Waals surface area contributed by atoms with Crippen LogP contribution in [0.2, 0.25) is 0 Å². The Kier molecular flexibility index (Phi) is 7.07. The predicted molar refractivity (Wildman–Crippen MR) is 95.9 cm³/mol. The number of anilines is 1. The van der Waals surface area contributed by atoms with Crippen LogP contribution in [-0.2, 0) is 27.1 Å². The monoisotopic (exact) mass is 535 g/mol. The van der Waals surface area contributed by atoms with Crippen molar-refractivity contribution in [2.45, 2.75) is 24.5 Å². The van der Waals surface area contributed by atoms with Crippen LogP contribution in [0.25, 0.3) is 11.2 Å². The minimum absolute atomic E-state index is 0.113. The Labute approximate surface area is 180 Å². The van der Waals surface area contributed by atoms with Crippen molar-refractivity contribution in [3.8, 4) is 0 Å². The van der Waals surface area contributed by atoms with Crippen LogP contribution in [0.3, 0.4) is 0 Å². The zero-order chi connectivity index (χ0) is 24.1. The molecule has 3 rings (SSSR count). The average Bonchev–Trinajstić information content (AvgIpc) is 3.12. The van der Waals surface area contributed by atoms with Crippen molar-refractivity contribution < 1.29 is 56.8 Å². The molecular weight excluding hydrogens is 523 g/mol. The second-order valence-corrected chi connectivity index (χ2v) is 12.8. The first-order chi connectivity index (χ1) is 14.6. The van der Waals surface area contributed by atoms with Gasteiger partial charge < -0.3 is 44.8 Å². The molecule has 0 saturated carbocycles. The van der Waals surface area contributed by atoms with Crippen molar-refractivity contribution in [2.24, 2.45) is 0 Å². The van der Waals surface area contributed by atoms with Crippen molar-refractivity contribution in [1.82, 2.24) is 19.5 Å². The van der Waals surface area contributed by atoms with Gasteiger partial charge in [0, 0.05) is 5.75 Å². The highest BCUT2D eigenvalue weighted by molar-refractivity contribution is 8.54. The number of nitrogen functional groups attached to an aromatic ring is 1. The highest BCUT2D eigenvalue weighted by Gasteiger charge is 2.44. The van der Waals surface area contributed by atoms with Crippen molar-refractivity contribution in [3.05, 3.63) is 16.7 Å². The quantitative estimate of drug-likeness (QED) is 0.233. The Morgan fingerprint density at radius 3 is 2.50 bits per heavy atom. The van der Waals surface area contributed by atoms with E-state index >= 15 is 0 Å². The molecule has 1 aliphatic heterocycles. The highest BCUT2D eigenvalue weighted by Crippen LogP contribution is 2.65. The number of nitrogens with one attached hydrogen (secondary N) is 1. The van der Waals surface area contributed by atoms with E-state index < -0.39 is 58.3 Å². The maximum atomic E-state index is 11.8. The lowest BCUT2D eigenvalue weighted by Gasteiger charge is -2.37. The zero-order valence-electron chi connectivity index (χ0n) is 15.1. The fourth-order valence-electron chi connectivity index (χ4n) is 2.67. The molecule has 5 N–H and O–H groups in total. The molecule has 18 nitrogen and oxygen atoms in total.